The highest BCUT2D eigenvalue weighted by Gasteiger charge is 2.36. The summed E-state index contributed by atoms with van der Waals surface area (Å²) in [5.74, 6) is 2.75. The van der Waals surface area contributed by atoms with Crippen molar-refractivity contribution in [3.63, 3.8) is 0 Å². The van der Waals surface area contributed by atoms with Gasteiger partial charge in [-0.1, -0.05) is 24.3 Å². The third-order valence-corrected chi connectivity index (χ3v) is 7.07. The van der Waals surface area contributed by atoms with E-state index in [9.17, 15) is 4.79 Å². The van der Waals surface area contributed by atoms with E-state index in [4.69, 9.17) is 18.9 Å². The van der Waals surface area contributed by atoms with Gasteiger partial charge in [0.1, 0.15) is 0 Å². The maximum Gasteiger partial charge on any atom is 0.163 e. The largest absolute Gasteiger partial charge is 0.493 e. The Balaban J connectivity index is 1.56. The Labute approximate surface area is 223 Å². The minimum Gasteiger partial charge on any atom is -0.493 e. The van der Waals surface area contributed by atoms with Gasteiger partial charge in [-0.2, -0.15) is 0 Å². The van der Waals surface area contributed by atoms with E-state index in [2.05, 4.69) is 10.6 Å². The number of allylic oxidation sites excluding steroid dienone is 1. The summed E-state index contributed by atoms with van der Waals surface area (Å²) in [5, 5.41) is 7.21. The molecule has 2 N–H and O–H groups in total. The van der Waals surface area contributed by atoms with E-state index in [0.717, 1.165) is 33.8 Å². The molecule has 1 aliphatic carbocycles. The van der Waals surface area contributed by atoms with Gasteiger partial charge >= 0.3 is 0 Å². The van der Waals surface area contributed by atoms with E-state index >= 15 is 0 Å². The van der Waals surface area contributed by atoms with E-state index in [1.54, 1.807) is 21.3 Å². The van der Waals surface area contributed by atoms with Crippen molar-refractivity contribution in [2.75, 3.05) is 32.0 Å². The van der Waals surface area contributed by atoms with Crippen molar-refractivity contribution >= 4 is 17.2 Å². The van der Waals surface area contributed by atoms with E-state index in [0.29, 0.717) is 35.8 Å². The van der Waals surface area contributed by atoms with Crippen LogP contribution in [-0.4, -0.2) is 33.2 Å². The minimum atomic E-state index is -0.342. The summed E-state index contributed by atoms with van der Waals surface area (Å²) in [4.78, 5) is 13.9. The highest BCUT2D eigenvalue weighted by atomic mass is 16.5. The lowest BCUT2D eigenvalue weighted by molar-refractivity contribution is -0.116. The molecule has 0 bridgehead atoms. The molecule has 7 nitrogen and oxygen atoms in total. The number of rotatable bonds is 7. The van der Waals surface area contributed by atoms with Crippen LogP contribution in [0.3, 0.4) is 0 Å². The van der Waals surface area contributed by atoms with Gasteiger partial charge in [0.2, 0.25) is 0 Å². The van der Waals surface area contributed by atoms with Crippen molar-refractivity contribution < 1.29 is 23.7 Å². The molecule has 2 aliphatic rings. The van der Waals surface area contributed by atoms with Crippen LogP contribution in [0.2, 0.25) is 0 Å². The zero-order valence-electron chi connectivity index (χ0n) is 22.5. The number of hydrogen-bond acceptors (Lipinski definition) is 7. The summed E-state index contributed by atoms with van der Waals surface area (Å²) in [6.07, 6.45) is 1.12. The minimum absolute atomic E-state index is 0.00654. The molecule has 1 heterocycles. The predicted octanol–water partition coefficient (Wildman–Crippen LogP) is 6.48. The molecule has 7 heteroatoms. The number of hydrogen-bond donors (Lipinski definition) is 2. The summed E-state index contributed by atoms with van der Waals surface area (Å²) in [5.41, 5.74) is 5.52. The van der Waals surface area contributed by atoms with Gasteiger partial charge in [0.25, 0.3) is 0 Å². The number of ether oxygens (including phenoxy) is 4. The van der Waals surface area contributed by atoms with Gasteiger partial charge in [-0.05, 0) is 73.7 Å². The van der Waals surface area contributed by atoms with Crippen LogP contribution in [0.15, 0.2) is 71.9 Å². The van der Waals surface area contributed by atoms with E-state index in [-0.39, 0.29) is 23.8 Å². The third kappa shape index (κ3) is 4.88. The monoisotopic (exact) mass is 514 g/mol. The lowest BCUT2D eigenvalue weighted by atomic mass is 9.78. The molecule has 1 aliphatic heterocycles. The number of carbonyl (C=O) groups excluding carboxylic acids is 1. The zero-order valence-corrected chi connectivity index (χ0v) is 22.5. The summed E-state index contributed by atoms with van der Waals surface area (Å²) in [6, 6.07) is 19.5. The van der Waals surface area contributed by atoms with Crippen molar-refractivity contribution in [1.29, 1.82) is 0 Å². The van der Waals surface area contributed by atoms with Crippen LogP contribution in [0.4, 0.5) is 11.4 Å². The number of para-hydroxylation sites is 2. The van der Waals surface area contributed by atoms with Gasteiger partial charge in [0.15, 0.2) is 28.8 Å². The van der Waals surface area contributed by atoms with Crippen LogP contribution >= 0.6 is 0 Å². The number of methoxy groups -OCH3 is 3. The molecular formula is C31H34N2O5. The summed E-state index contributed by atoms with van der Waals surface area (Å²) in [7, 11) is 4.87. The highest BCUT2D eigenvalue weighted by molar-refractivity contribution is 6.01. The van der Waals surface area contributed by atoms with Crippen molar-refractivity contribution in [2.24, 2.45) is 0 Å². The molecular weight excluding hydrogens is 480 g/mol. The Hall–Kier alpha value is -4.13. The number of ketones is 1. The van der Waals surface area contributed by atoms with Crippen LogP contribution < -0.4 is 29.6 Å². The van der Waals surface area contributed by atoms with Gasteiger partial charge in [-0.15, -0.1) is 0 Å². The quantitative estimate of drug-likeness (QED) is 0.374. The number of Topliss-reactive ketones (excluding diaryl/α,β-unsaturated/α-hetero) is 1. The number of benzene rings is 3. The summed E-state index contributed by atoms with van der Waals surface area (Å²) >= 11 is 0. The summed E-state index contributed by atoms with van der Waals surface area (Å²) < 4.78 is 22.5. The smallest absolute Gasteiger partial charge is 0.163 e. The Morgan fingerprint density at radius 1 is 0.763 bits per heavy atom. The molecule has 0 spiro atoms. The molecule has 0 fully saturated rings. The van der Waals surface area contributed by atoms with E-state index < -0.39 is 0 Å². The topological polar surface area (TPSA) is 78.1 Å². The number of fused-ring (bicyclic) bond motifs is 1. The molecule has 0 radical (unpaired) electrons. The third-order valence-electron chi connectivity index (χ3n) is 7.07. The first-order valence-corrected chi connectivity index (χ1v) is 12.9. The molecule has 38 heavy (non-hydrogen) atoms. The van der Waals surface area contributed by atoms with Gasteiger partial charge in [-0.25, -0.2) is 0 Å². The van der Waals surface area contributed by atoms with Crippen molar-refractivity contribution in [1.82, 2.24) is 0 Å². The Morgan fingerprint density at radius 2 is 1.39 bits per heavy atom. The molecule has 0 amide bonds. The average Bonchev–Trinajstić information content (AvgIpc) is 3.09. The standard InChI is InChI=1S/C31H34N2O5/c1-18(2)38-27-13-10-19(16-29(27)37-5)21-14-24-30(25(34)15-21)31(33-23-9-7-6-8-22(23)32-24)20-11-12-26(35-3)28(17-20)36-4/h6-13,16-18,21,31-33H,14-15H2,1-5H3. The van der Waals surface area contributed by atoms with Crippen LogP contribution in [0.25, 0.3) is 0 Å². The van der Waals surface area contributed by atoms with E-state index in [1.165, 1.54) is 0 Å². The Morgan fingerprint density at radius 3 is 2.11 bits per heavy atom. The molecule has 5 rings (SSSR count). The SMILES string of the molecule is COc1ccc(C2Nc3ccccc3NC3=C2C(=O)CC(c2ccc(OC(C)C)c(OC)c2)C3)cc1OC. The van der Waals surface area contributed by atoms with E-state index in [1.807, 2.05) is 74.5 Å². The first-order chi connectivity index (χ1) is 18.4. The van der Waals surface area contributed by atoms with Crippen molar-refractivity contribution in [3.05, 3.63) is 83.1 Å². The molecule has 2 unspecified atom stereocenters. The fraction of sp³-hybridized carbons (Fsp3) is 0.323. The molecule has 2 atom stereocenters. The lowest BCUT2D eigenvalue weighted by Gasteiger charge is -2.30. The van der Waals surface area contributed by atoms with Gasteiger partial charge in [-0.3, -0.25) is 4.79 Å². The Bertz CT molecular complexity index is 1380. The first kappa shape index (κ1) is 25.5. The molecule has 0 saturated carbocycles. The van der Waals surface area contributed by atoms with Gasteiger partial charge < -0.3 is 29.6 Å². The fourth-order valence-corrected chi connectivity index (χ4v) is 5.30. The second-order valence-corrected chi connectivity index (χ2v) is 9.86. The van der Waals surface area contributed by atoms with Crippen LogP contribution in [-0.2, 0) is 4.79 Å². The first-order valence-electron chi connectivity index (χ1n) is 12.9. The lowest BCUT2D eigenvalue weighted by Crippen LogP contribution is -2.27. The Kier molecular flexibility index (Phi) is 7.18. The van der Waals surface area contributed by atoms with Crippen LogP contribution in [0.5, 0.6) is 23.0 Å². The number of carbonyl (C=O) groups is 1. The zero-order chi connectivity index (χ0) is 26.8. The van der Waals surface area contributed by atoms with Gasteiger partial charge in [0.05, 0.1) is 44.8 Å². The molecule has 0 aromatic heterocycles. The predicted molar refractivity (Wildman–Crippen MR) is 149 cm³/mol. The molecule has 3 aromatic carbocycles. The van der Waals surface area contributed by atoms with Crippen molar-refractivity contribution in [3.8, 4) is 23.0 Å². The maximum atomic E-state index is 13.9. The normalized spacial score (nSPS) is 18.5. The average molecular weight is 515 g/mol. The summed E-state index contributed by atoms with van der Waals surface area (Å²) in [6.45, 7) is 3.97. The second kappa shape index (κ2) is 10.7. The maximum absolute atomic E-state index is 13.9. The van der Waals surface area contributed by atoms with Crippen LogP contribution in [0.1, 0.15) is 49.8 Å². The molecule has 3 aromatic rings. The molecule has 0 saturated heterocycles. The molecule has 198 valence electrons. The number of anilines is 2. The highest BCUT2D eigenvalue weighted by Crippen LogP contribution is 2.46. The van der Waals surface area contributed by atoms with Gasteiger partial charge in [0, 0.05) is 17.7 Å². The van der Waals surface area contributed by atoms with Crippen molar-refractivity contribution in [2.45, 2.75) is 44.8 Å². The second-order valence-electron chi connectivity index (χ2n) is 9.86. The fourth-order valence-electron chi connectivity index (χ4n) is 5.30. The number of nitrogens with one attached hydrogen (secondary N) is 2. The van der Waals surface area contributed by atoms with Crippen LogP contribution in [0, 0.1) is 0 Å².